The number of nitrogens with zero attached hydrogens (tertiary/aromatic N) is 2. The Morgan fingerprint density at radius 2 is 1.92 bits per heavy atom. The Morgan fingerprint density at radius 1 is 1.15 bits per heavy atom. The molecule has 2 heterocycles. The molecule has 0 aliphatic carbocycles. The smallest absolute Gasteiger partial charge is 0.255 e. The topological polar surface area (TPSA) is 71.5 Å². The number of carbonyl (C=O) groups excluding carboxylic acids is 2. The molecule has 1 aliphatic heterocycles. The third kappa shape index (κ3) is 4.39. The molecule has 136 valence electrons. The fraction of sp³-hybridized carbons (Fsp3) is 0.350. The number of hydrogen-bond donors (Lipinski definition) is 1. The number of ether oxygens (including phenoxy) is 1. The third-order valence-corrected chi connectivity index (χ3v) is 4.47. The minimum atomic E-state index is -0.225. The lowest BCUT2D eigenvalue weighted by atomic mass is 10.1. The van der Waals surface area contributed by atoms with Gasteiger partial charge in [-0.15, -0.1) is 0 Å². The van der Waals surface area contributed by atoms with E-state index in [1.54, 1.807) is 13.2 Å². The minimum Gasteiger partial charge on any atom is -0.497 e. The van der Waals surface area contributed by atoms with Crippen LogP contribution < -0.4 is 10.1 Å². The Hall–Kier alpha value is -2.89. The fourth-order valence-corrected chi connectivity index (χ4v) is 3.03. The molecule has 0 radical (unpaired) electrons. The molecule has 6 nitrogen and oxygen atoms in total. The maximum absolute atomic E-state index is 12.4. The second-order valence-corrected chi connectivity index (χ2v) is 6.32. The predicted octanol–water partition coefficient (Wildman–Crippen LogP) is 2.30. The normalized spacial score (nSPS) is 13.5. The highest BCUT2D eigenvalue weighted by Crippen LogP contribution is 2.14. The van der Waals surface area contributed by atoms with E-state index >= 15 is 0 Å². The first kappa shape index (κ1) is 17.9. The van der Waals surface area contributed by atoms with Gasteiger partial charge in [-0.3, -0.25) is 14.6 Å². The number of amides is 2. The molecule has 1 aromatic carbocycles. The molecule has 0 unspecified atom stereocenters. The standard InChI is InChI=1S/C20H23N3O3/c1-26-18-6-4-5-15(11-18)7-8-22-19(24)16-12-17(14-21-13-16)20(25)23-9-2-3-10-23/h4-6,11-14H,2-3,7-10H2,1H3,(H,22,24). The van der Waals surface area contributed by atoms with Crippen molar-refractivity contribution in [3.63, 3.8) is 0 Å². The average Bonchev–Trinajstić information content (AvgIpc) is 3.22. The van der Waals surface area contributed by atoms with Gasteiger partial charge in [-0.25, -0.2) is 0 Å². The first-order valence-corrected chi connectivity index (χ1v) is 8.83. The number of benzene rings is 1. The van der Waals surface area contributed by atoms with Crippen LogP contribution >= 0.6 is 0 Å². The summed E-state index contributed by atoms with van der Waals surface area (Å²) in [6.45, 7) is 2.04. The first-order valence-electron chi connectivity index (χ1n) is 8.83. The summed E-state index contributed by atoms with van der Waals surface area (Å²) < 4.78 is 5.20. The lowest BCUT2D eigenvalue weighted by Gasteiger charge is -2.15. The zero-order valence-corrected chi connectivity index (χ0v) is 14.9. The zero-order chi connectivity index (χ0) is 18.4. The van der Waals surface area contributed by atoms with Crippen LogP contribution in [0.4, 0.5) is 0 Å². The lowest BCUT2D eigenvalue weighted by Crippen LogP contribution is -2.29. The molecule has 26 heavy (non-hydrogen) atoms. The van der Waals surface area contributed by atoms with E-state index in [0.29, 0.717) is 24.1 Å². The van der Waals surface area contributed by atoms with Gasteiger partial charge in [0.2, 0.25) is 0 Å². The van der Waals surface area contributed by atoms with Crippen LogP contribution in [0.25, 0.3) is 0 Å². The quantitative estimate of drug-likeness (QED) is 0.865. The van der Waals surface area contributed by atoms with Gasteiger partial charge in [-0.1, -0.05) is 12.1 Å². The molecular weight excluding hydrogens is 330 g/mol. The first-order chi connectivity index (χ1) is 12.7. The van der Waals surface area contributed by atoms with Crippen molar-refractivity contribution < 1.29 is 14.3 Å². The number of rotatable bonds is 6. The second-order valence-electron chi connectivity index (χ2n) is 6.32. The van der Waals surface area contributed by atoms with Crippen molar-refractivity contribution in [2.24, 2.45) is 0 Å². The molecule has 2 aromatic rings. The molecule has 0 atom stereocenters. The Morgan fingerprint density at radius 3 is 2.69 bits per heavy atom. The van der Waals surface area contributed by atoms with Gasteiger partial charge in [-0.2, -0.15) is 0 Å². The number of hydrogen-bond acceptors (Lipinski definition) is 4. The molecule has 1 saturated heterocycles. The van der Waals surface area contributed by atoms with E-state index in [1.807, 2.05) is 29.2 Å². The van der Waals surface area contributed by atoms with Gasteiger partial charge in [0.05, 0.1) is 18.2 Å². The van der Waals surface area contributed by atoms with Crippen LogP contribution in [0.15, 0.2) is 42.7 Å². The van der Waals surface area contributed by atoms with Crippen LogP contribution in [0.2, 0.25) is 0 Å². The monoisotopic (exact) mass is 353 g/mol. The third-order valence-electron chi connectivity index (χ3n) is 4.47. The van der Waals surface area contributed by atoms with Gasteiger partial charge < -0.3 is 15.0 Å². The summed E-state index contributed by atoms with van der Waals surface area (Å²) in [5.41, 5.74) is 1.95. The van der Waals surface area contributed by atoms with E-state index < -0.39 is 0 Å². The zero-order valence-electron chi connectivity index (χ0n) is 14.9. The molecule has 0 bridgehead atoms. The molecular formula is C20H23N3O3. The summed E-state index contributed by atoms with van der Waals surface area (Å²) >= 11 is 0. The summed E-state index contributed by atoms with van der Waals surface area (Å²) in [5, 5.41) is 2.88. The number of nitrogens with one attached hydrogen (secondary N) is 1. The van der Waals surface area contributed by atoms with Crippen LogP contribution in [-0.4, -0.2) is 48.4 Å². The van der Waals surface area contributed by atoms with E-state index in [9.17, 15) is 9.59 Å². The van der Waals surface area contributed by atoms with Crippen molar-refractivity contribution in [3.8, 4) is 5.75 Å². The Kier molecular flexibility index (Phi) is 5.84. The van der Waals surface area contributed by atoms with E-state index in [-0.39, 0.29) is 11.8 Å². The molecule has 6 heteroatoms. The van der Waals surface area contributed by atoms with E-state index in [4.69, 9.17) is 4.74 Å². The number of methoxy groups -OCH3 is 1. The van der Waals surface area contributed by atoms with Crippen LogP contribution in [0.5, 0.6) is 5.75 Å². The second kappa shape index (κ2) is 8.47. The summed E-state index contributed by atoms with van der Waals surface area (Å²) in [7, 11) is 1.63. The summed E-state index contributed by atoms with van der Waals surface area (Å²) in [4.78, 5) is 30.6. The Balaban J connectivity index is 1.57. The van der Waals surface area contributed by atoms with Crippen LogP contribution in [-0.2, 0) is 6.42 Å². The van der Waals surface area contributed by atoms with Crippen LogP contribution in [0.3, 0.4) is 0 Å². The highest BCUT2D eigenvalue weighted by atomic mass is 16.5. The van der Waals surface area contributed by atoms with Crippen molar-refractivity contribution in [1.82, 2.24) is 15.2 Å². The van der Waals surface area contributed by atoms with Gasteiger partial charge in [-0.05, 0) is 43.0 Å². The summed E-state index contributed by atoms with van der Waals surface area (Å²) in [6, 6.07) is 9.37. The maximum atomic E-state index is 12.4. The number of pyridine rings is 1. The Labute approximate surface area is 153 Å². The summed E-state index contributed by atoms with van der Waals surface area (Å²) in [6.07, 6.45) is 5.77. The highest BCUT2D eigenvalue weighted by Gasteiger charge is 2.20. The highest BCUT2D eigenvalue weighted by molar-refractivity contribution is 5.99. The lowest BCUT2D eigenvalue weighted by molar-refractivity contribution is 0.0792. The van der Waals surface area contributed by atoms with Gasteiger partial charge in [0.25, 0.3) is 11.8 Å². The van der Waals surface area contributed by atoms with Crippen molar-refractivity contribution in [2.45, 2.75) is 19.3 Å². The van der Waals surface area contributed by atoms with Crippen molar-refractivity contribution in [3.05, 3.63) is 59.4 Å². The Bertz CT molecular complexity index is 785. The van der Waals surface area contributed by atoms with E-state index in [2.05, 4.69) is 10.3 Å². The molecule has 1 N–H and O–H groups in total. The number of carbonyl (C=O) groups is 2. The van der Waals surface area contributed by atoms with E-state index in [1.165, 1.54) is 12.4 Å². The molecule has 0 spiro atoms. The molecule has 2 amide bonds. The minimum absolute atomic E-state index is 0.0546. The summed E-state index contributed by atoms with van der Waals surface area (Å²) in [5.74, 6) is 0.517. The van der Waals surface area contributed by atoms with Crippen molar-refractivity contribution >= 4 is 11.8 Å². The van der Waals surface area contributed by atoms with Crippen LogP contribution in [0.1, 0.15) is 39.1 Å². The predicted molar refractivity (Wildman–Crippen MR) is 98.4 cm³/mol. The molecule has 1 aromatic heterocycles. The number of likely N-dealkylation sites (tertiary alicyclic amines) is 1. The van der Waals surface area contributed by atoms with Gasteiger partial charge in [0.1, 0.15) is 5.75 Å². The molecule has 1 aliphatic rings. The van der Waals surface area contributed by atoms with Crippen molar-refractivity contribution in [1.29, 1.82) is 0 Å². The average molecular weight is 353 g/mol. The molecule has 0 saturated carbocycles. The maximum Gasteiger partial charge on any atom is 0.255 e. The molecule has 3 rings (SSSR count). The van der Waals surface area contributed by atoms with Gasteiger partial charge >= 0.3 is 0 Å². The van der Waals surface area contributed by atoms with Crippen LogP contribution in [0, 0.1) is 0 Å². The van der Waals surface area contributed by atoms with Gasteiger partial charge in [0, 0.05) is 32.0 Å². The van der Waals surface area contributed by atoms with Crippen molar-refractivity contribution in [2.75, 3.05) is 26.7 Å². The van der Waals surface area contributed by atoms with E-state index in [0.717, 1.165) is 37.2 Å². The van der Waals surface area contributed by atoms with Gasteiger partial charge in [0.15, 0.2) is 0 Å². The molecule has 1 fully saturated rings. The largest absolute Gasteiger partial charge is 0.497 e. The number of aromatic nitrogens is 1. The fourth-order valence-electron chi connectivity index (χ4n) is 3.03. The SMILES string of the molecule is COc1cccc(CCNC(=O)c2cncc(C(=O)N3CCCC3)c2)c1.